The lowest BCUT2D eigenvalue weighted by Crippen LogP contribution is -2.47. The van der Waals surface area contributed by atoms with Crippen molar-refractivity contribution in [2.75, 3.05) is 10.6 Å². The smallest absolute Gasteiger partial charge is 0.246 e. The number of benzene rings is 1. The van der Waals surface area contributed by atoms with E-state index < -0.39 is 33.6 Å². The first-order chi connectivity index (χ1) is 13.7. The number of halogens is 2. The van der Waals surface area contributed by atoms with Crippen LogP contribution in [0.4, 0.5) is 14.5 Å². The van der Waals surface area contributed by atoms with Gasteiger partial charge in [-0.05, 0) is 30.5 Å². The minimum atomic E-state index is -3.97. The van der Waals surface area contributed by atoms with Crippen LogP contribution in [0.3, 0.4) is 0 Å². The van der Waals surface area contributed by atoms with Gasteiger partial charge in [0.05, 0.1) is 23.4 Å². The number of thiophene rings is 1. The van der Waals surface area contributed by atoms with Crippen molar-refractivity contribution in [3.63, 3.8) is 0 Å². The molecule has 0 aliphatic heterocycles. The van der Waals surface area contributed by atoms with Crippen molar-refractivity contribution in [1.29, 1.82) is 0 Å². The maximum atomic E-state index is 13.6. The van der Waals surface area contributed by atoms with E-state index in [2.05, 4.69) is 15.5 Å². The highest BCUT2D eigenvalue weighted by molar-refractivity contribution is 7.92. The number of hydrogen-bond acceptors (Lipinski definition) is 7. The quantitative estimate of drug-likeness (QED) is 0.603. The molecule has 3 aromatic rings. The van der Waals surface area contributed by atoms with Crippen LogP contribution in [0.25, 0.3) is 10.7 Å². The molecule has 154 valence electrons. The summed E-state index contributed by atoms with van der Waals surface area (Å²) in [6, 6.07) is 4.98. The summed E-state index contributed by atoms with van der Waals surface area (Å²) in [5, 5.41) is 8.16. The largest absolute Gasteiger partial charge is 0.345 e. The molecule has 8 nitrogen and oxygen atoms in total. The molecule has 0 spiro atoms. The van der Waals surface area contributed by atoms with Crippen LogP contribution in [0.2, 0.25) is 0 Å². The summed E-state index contributed by atoms with van der Waals surface area (Å²) < 4.78 is 56.9. The molecule has 29 heavy (non-hydrogen) atoms. The van der Waals surface area contributed by atoms with E-state index in [1.54, 1.807) is 0 Å². The fourth-order valence-electron chi connectivity index (χ4n) is 2.57. The number of rotatable bonds is 7. The average Bonchev–Trinajstić information content (AvgIpc) is 3.32. The lowest BCUT2D eigenvalue weighted by Gasteiger charge is -2.28. The molecule has 0 aliphatic carbocycles. The van der Waals surface area contributed by atoms with E-state index in [1.165, 1.54) is 18.3 Å². The van der Waals surface area contributed by atoms with Crippen molar-refractivity contribution < 1.29 is 26.5 Å². The lowest BCUT2D eigenvalue weighted by molar-refractivity contribution is -0.122. The summed E-state index contributed by atoms with van der Waals surface area (Å²) in [5.74, 6) is -2.53. The second kappa shape index (κ2) is 8.25. The van der Waals surface area contributed by atoms with Gasteiger partial charge in [-0.25, -0.2) is 17.2 Å². The molecular weight excluding hydrogens is 426 g/mol. The first-order valence-electron chi connectivity index (χ1n) is 8.25. The van der Waals surface area contributed by atoms with Crippen molar-refractivity contribution in [2.24, 2.45) is 0 Å². The second-order valence-electron chi connectivity index (χ2n) is 6.04. The zero-order valence-corrected chi connectivity index (χ0v) is 16.9. The summed E-state index contributed by atoms with van der Waals surface area (Å²) in [6.07, 6.45) is 0.864. The number of amides is 1. The van der Waals surface area contributed by atoms with Gasteiger partial charge in [0.1, 0.15) is 6.04 Å². The Kier molecular flexibility index (Phi) is 5.94. The van der Waals surface area contributed by atoms with Gasteiger partial charge in [-0.15, -0.1) is 11.3 Å². The van der Waals surface area contributed by atoms with Crippen LogP contribution in [-0.2, 0) is 21.4 Å². The van der Waals surface area contributed by atoms with Gasteiger partial charge in [0.15, 0.2) is 11.6 Å². The third-order valence-electron chi connectivity index (χ3n) is 3.87. The van der Waals surface area contributed by atoms with Crippen LogP contribution in [-0.4, -0.2) is 36.8 Å². The van der Waals surface area contributed by atoms with Crippen molar-refractivity contribution in [3.8, 4) is 10.7 Å². The van der Waals surface area contributed by atoms with Gasteiger partial charge in [0.2, 0.25) is 27.6 Å². The van der Waals surface area contributed by atoms with Crippen LogP contribution >= 0.6 is 11.3 Å². The average molecular weight is 442 g/mol. The highest BCUT2D eigenvalue weighted by Crippen LogP contribution is 2.24. The monoisotopic (exact) mass is 442 g/mol. The highest BCUT2D eigenvalue weighted by Gasteiger charge is 2.30. The Labute approximate surface area is 169 Å². The van der Waals surface area contributed by atoms with E-state index in [9.17, 15) is 22.0 Å². The molecule has 0 unspecified atom stereocenters. The normalized spacial score (nSPS) is 12.6. The number of carbonyl (C=O) groups is 1. The van der Waals surface area contributed by atoms with E-state index in [-0.39, 0.29) is 18.1 Å². The number of aromatic nitrogens is 2. The summed E-state index contributed by atoms with van der Waals surface area (Å²) >= 11 is 1.42. The molecule has 1 atom stereocenters. The molecule has 0 aliphatic rings. The lowest BCUT2D eigenvalue weighted by atomic mass is 10.2. The summed E-state index contributed by atoms with van der Waals surface area (Å²) in [5.41, 5.74) is -0.174. The Morgan fingerprint density at radius 3 is 2.69 bits per heavy atom. The maximum Gasteiger partial charge on any atom is 0.246 e. The number of hydrogen-bond donors (Lipinski definition) is 1. The minimum absolute atomic E-state index is 0.128. The molecule has 3 rings (SSSR count). The van der Waals surface area contributed by atoms with Crippen LogP contribution in [0, 0.1) is 11.6 Å². The summed E-state index contributed by atoms with van der Waals surface area (Å²) in [7, 11) is -3.97. The Balaban J connectivity index is 1.73. The second-order valence-corrected chi connectivity index (χ2v) is 8.85. The van der Waals surface area contributed by atoms with E-state index in [1.807, 2.05) is 17.5 Å². The Morgan fingerprint density at radius 1 is 1.31 bits per heavy atom. The van der Waals surface area contributed by atoms with E-state index in [4.69, 9.17) is 4.52 Å². The molecular formula is C17H16F2N4O4S2. The molecule has 2 heterocycles. The first-order valence-corrected chi connectivity index (χ1v) is 11.0. The third kappa shape index (κ3) is 4.77. The molecule has 1 N–H and O–H groups in total. The molecule has 0 fully saturated rings. The van der Waals surface area contributed by atoms with Crippen molar-refractivity contribution in [1.82, 2.24) is 15.5 Å². The van der Waals surface area contributed by atoms with Gasteiger partial charge in [0, 0.05) is 6.07 Å². The van der Waals surface area contributed by atoms with Crippen molar-refractivity contribution >= 4 is 33.0 Å². The van der Waals surface area contributed by atoms with Gasteiger partial charge < -0.3 is 9.84 Å². The van der Waals surface area contributed by atoms with Gasteiger partial charge in [0.25, 0.3) is 0 Å². The van der Waals surface area contributed by atoms with Crippen LogP contribution in [0.15, 0.2) is 40.2 Å². The maximum absolute atomic E-state index is 13.6. The first kappa shape index (κ1) is 20.9. The topological polar surface area (TPSA) is 105 Å². The Hall–Kier alpha value is -2.86. The number of anilines is 1. The molecule has 2 aromatic heterocycles. The molecule has 1 amide bonds. The molecule has 0 saturated carbocycles. The molecule has 0 bridgehead atoms. The van der Waals surface area contributed by atoms with Gasteiger partial charge in [-0.1, -0.05) is 11.2 Å². The molecule has 0 radical (unpaired) electrons. The van der Waals surface area contributed by atoms with Crippen molar-refractivity contribution in [2.45, 2.75) is 19.5 Å². The van der Waals surface area contributed by atoms with Crippen LogP contribution < -0.4 is 9.62 Å². The Bertz CT molecular complexity index is 1120. The molecule has 0 saturated heterocycles. The zero-order chi connectivity index (χ0) is 21.2. The Morgan fingerprint density at radius 2 is 2.07 bits per heavy atom. The number of sulfonamides is 1. The summed E-state index contributed by atoms with van der Waals surface area (Å²) in [4.78, 5) is 17.4. The zero-order valence-electron chi connectivity index (χ0n) is 15.3. The number of carbonyl (C=O) groups excluding carboxylic acids is 1. The predicted octanol–water partition coefficient (Wildman–Crippen LogP) is 2.55. The van der Waals surface area contributed by atoms with E-state index in [0.29, 0.717) is 16.2 Å². The van der Waals surface area contributed by atoms with E-state index in [0.717, 1.165) is 23.3 Å². The molecule has 1 aromatic carbocycles. The highest BCUT2D eigenvalue weighted by atomic mass is 32.2. The van der Waals surface area contributed by atoms with Crippen LogP contribution in [0.1, 0.15) is 12.8 Å². The van der Waals surface area contributed by atoms with Gasteiger partial charge in [-0.2, -0.15) is 4.98 Å². The van der Waals surface area contributed by atoms with Gasteiger partial charge in [-0.3, -0.25) is 9.10 Å². The minimum Gasteiger partial charge on any atom is -0.345 e. The van der Waals surface area contributed by atoms with E-state index >= 15 is 0 Å². The fraction of sp³-hybridized carbons (Fsp3) is 0.235. The number of nitrogens with zero attached hydrogens (tertiary/aromatic N) is 3. The molecule has 12 heteroatoms. The standard InChI is InChI=1S/C17H16F2N4O4S2/c1-10(23(29(2,25)26)11-5-6-12(18)13(19)8-11)17(24)20-9-15-21-16(22-27-15)14-4-3-7-28-14/h3-8,10H,9H2,1-2H3,(H,20,24)/t10-/m1/s1. The van der Waals surface area contributed by atoms with Crippen molar-refractivity contribution in [3.05, 3.63) is 53.2 Å². The summed E-state index contributed by atoms with van der Waals surface area (Å²) in [6.45, 7) is 1.19. The fourth-order valence-corrected chi connectivity index (χ4v) is 4.39. The third-order valence-corrected chi connectivity index (χ3v) is 5.98. The predicted molar refractivity (Wildman–Crippen MR) is 103 cm³/mol. The number of nitrogens with one attached hydrogen (secondary N) is 1. The van der Waals surface area contributed by atoms with Crippen LogP contribution in [0.5, 0.6) is 0 Å². The van der Waals surface area contributed by atoms with Gasteiger partial charge >= 0.3 is 0 Å². The SMILES string of the molecule is C[C@H](C(=O)NCc1nc(-c2cccs2)no1)N(c1ccc(F)c(F)c1)S(C)(=O)=O.